The van der Waals surface area contributed by atoms with Crippen LogP contribution in [-0.4, -0.2) is 31.2 Å². The van der Waals surface area contributed by atoms with Crippen molar-refractivity contribution in [3.63, 3.8) is 0 Å². The van der Waals surface area contributed by atoms with E-state index in [1.807, 2.05) is 13.8 Å². The summed E-state index contributed by atoms with van der Waals surface area (Å²) in [5.41, 5.74) is 1.14. The van der Waals surface area contributed by atoms with Gasteiger partial charge in [-0.05, 0) is 19.3 Å². The molecule has 7 heteroatoms. The second-order valence-electron chi connectivity index (χ2n) is 5.79. The minimum atomic E-state index is -3.48. The van der Waals surface area contributed by atoms with E-state index < -0.39 is 10.0 Å². The van der Waals surface area contributed by atoms with Gasteiger partial charge < -0.3 is 5.32 Å². The molecule has 0 aromatic carbocycles. The van der Waals surface area contributed by atoms with Crippen molar-refractivity contribution < 1.29 is 8.42 Å². The molecule has 0 amide bonds. The van der Waals surface area contributed by atoms with Crippen molar-refractivity contribution in [3.05, 3.63) is 11.4 Å². The van der Waals surface area contributed by atoms with Gasteiger partial charge in [0.25, 0.3) is 0 Å². The van der Waals surface area contributed by atoms with Crippen molar-refractivity contribution in [1.29, 1.82) is 0 Å². The molecule has 20 heavy (non-hydrogen) atoms. The minimum Gasteiger partial charge on any atom is -0.309 e. The van der Waals surface area contributed by atoms with Gasteiger partial charge in [-0.15, -0.1) is 0 Å². The lowest BCUT2D eigenvalue weighted by molar-refractivity contribution is 0.561. The zero-order valence-corrected chi connectivity index (χ0v) is 13.2. The monoisotopic (exact) mass is 300 g/mol. The lowest BCUT2D eigenvalue weighted by Gasteiger charge is -2.10. The Morgan fingerprint density at radius 3 is 2.70 bits per heavy atom. The van der Waals surface area contributed by atoms with Gasteiger partial charge in [0.1, 0.15) is 4.90 Å². The molecule has 0 atom stereocenters. The number of aryl methyl sites for hydroxylation is 1. The largest absolute Gasteiger partial charge is 0.309 e. The fourth-order valence-corrected chi connectivity index (χ4v) is 3.53. The molecule has 1 aromatic rings. The van der Waals surface area contributed by atoms with E-state index in [2.05, 4.69) is 20.2 Å². The summed E-state index contributed by atoms with van der Waals surface area (Å²) in [5.74, 6) is 0.713. The predicted molar refractivity (Wildman–Crippen MR) is 77.8 cm³/mol. The summed E-state index contributed by atoms with van der Waals surface area (Å²) in [6, 6.07) is 0.283. The molecule has 0 aliphatic heterocycles. The predicted octanol–water partition coefficient (Wildman–Crippen LogP) is 1.29. The summed E-state index contributed by atoms with van der Waals surface area (Å²) in [7, 11) is -3.48. The number of rotatable bonds is 8. The summed E-state index contributed by atoms with van der Waals surface area (Å²) in [4.78, 5) is 0.293. The van der Waals surface area contributed by atoms with Crippen molar-refractivity contribution in [1.82, 2.24) is 20.2 Å². The van der Waals surface area contributed by atoms with Crippen LogP contribution < -0.4 is 10.0 Å². The average molecular weight is 300 g/mol. The van der Waals surface area contributed by atoms with Crippen LogP contribution in [-0.2, 0) is 16.6 Å². The van der Waals surface area contributed by atoms with E-state index >= 15 is 0 Å². The van der Waals surface area contributed by atoms with Crippen LogP contribution in [0.25, 0.3) is 0 Å². The number of H-pyrrole nitrogens is 1. The first-order chi connectivity index (χ1) is 9.40. The molecular formula is C13H24N4O2S. The highest BCUT2D eigenvalue weighted by atomic mass is 32.2. The first kappa shape index (κ1) is 15.5. The molecule has 6 nitrogen and oxygen atoms in total. The van der Waals surface area contributed by atoms with Crippen LogP contribution in [0.1, 0.15) is 44.5 Å². The molecule has 0 spiro atoms. The van der Waals surface area contributed by atoms with E-state index in [1.54, 1.807) is 6.92 Å². The molecule has 3 N–H and O–H groups in total. The maximum atomic E-state index is 12.4. The van der Waals surface area contributed by atoms with Gasteiger partial charge in [-0.2, -0.15) is 5.10 Å². The van der Waals surface area contributed by atoms with Crippen LogP contribution >= 0.6 is 0 Å². The third-order valence-corrected chi connectivity index (χ3v) is 5.11. The molecule has 1 fully saturated rings. The Labute approximate surface area is 120 Å². The Bertz CT molecular complexity index is 547. The van der Waals surface area contributed by atoms with E-state index in [9.17, 15) is 8.42 Å². The Kier molecular flexibility index (Phi) is 4.82. The van der Waals surface area contributed by atoms with E-state index in [4.69, 9.17) is 0 Å². The first-order valence-electron chi connectivity index (χ1n) is 7.17. The molecule has 2 rings (SSSR count). The second-order valence-corrected chi connectivity index (χ2v) is 7.49. The van der Waals surface area contributed by atoms with Crippen LogP contribution in [0.15, 0.2) is 4.90 Å². The van der Waals surface area contributed by atoms with Crippen LogP contribution in [0.5, 0.6) is 0 Å². The number of hydrogen-bond donors (Lipinski definition) is 3. The minimum absolute atomic E-state index is 0.283. The van der Waals surface area contributed by atoms with Gasteiger partial charge in [-0.3, -0.25) is 5.10 Å². The highest BCUT2D eigenvalue weighted by molar-refractivity contribution is 7.89. The van der Waals surface area contributed by atoms with Gasteiger partial charge in [0.2, 0.25) is 10.0 Å². The maximum absolute atomic E-state index is 12.4. The molecular weight excluding hydrogens is 276 g/mol. The lowest BCUT2D eigenvalue weighted by atomic mass is 10.3. The molecule has 1 heterocycles. The number of aromatic amines is 1. The van der Waals surface area contributed by atoms with Crippen molar-refractivity contribution in [2.75, 3.05) is 6.54 Å². The van der Waals surface area contributed by atoms with Gasteiger partial charge in [0, 0.05) is 19.1 Å². The number of sulfonamides is 1. The standard InChI is InChI=1S/C13H24N4O2S/c1-9(2)14-8-12-13(10(3)16-17-12)20(18,19)15-7-6-11-4-5-11/h9,11,14-15H,4-8H2,1-3H3,(H,16,17). The number of nitrogens with zero attached hydrogens (tertiary/aromatic N) is 1. The molecule has 0 bridgehead atoms. The molecule has 0 saturated heterocycles. The molecule has 0 unspecified atom stereocenters. The summed E-state index contributed by atoms with van der Waals surface area (Å²) in [6.07, 6.45) is 3.39. The highest BCUT2D eigenvalue weighted by Gasteiger charge is 2.26. The molecule has 0 radical (unpaired) electrons. The number of aromatic nitrogens is 2. The molecule has 1 saturated carbocycles. The van der Waals surface area contributed by atoms with Crippen LogP contribution in [0.2, 0.25) is 0 Å². The third kappa shape index (κ3) is 4.04. The lowest BCUT2D eigenvalue weighted by Crippen LogP contribution is -2.28. The smallest absolute Gasteiger partial charge is 0.244 e. The summed E-state index contributed by atoms with van der Waals surface area (Å²) in [5, 5.41) is 10.1. The Morgan fingerprint density at radius 1 is 1.40 bits per heavy atom. The average Bonchev–Trinajstić information content (AvgIpc) is 3.08. The third-order valence-electron chi connectivity index (χ3n) is 3.45. The van der Waals surface area contributed by atoms with E-state index in [0.717, 1.165) is 6.42 Å². The molecule has 1 aliphatic carbocycles. The maximum Gasteiger partial charge on any atom is 0.244 e. The van der Waals surface area contributed by atoms with Gasteiger partial charge in [0.05, 0.1) is 11.4 Å². The van der Waals surface area contributed by atoms with Crippen molar-refractivity contribution in [3.8, 4) is 0 Å². The zero-order valence-electron chi connectivity index (χ0n) is 12.4. The second kappa shape index (κ2) is 6.24. The van der Waals surface area contributed by atoms with Crippen LogP contribution in [0.3, 0.4) is 0 Å². The van der Waals surface area contributed by atoms with Crippen molar-refractivity contribution >= 4 is 10.0 Å². The Morgan fingerprint density at radius 2 is 2.10 bits per heavy atom. The van der Waals surface area contributed by atoms with Gasteiger partial charge in [-0.1, -0.05) is 26.7 Å². The first-order valence-corrected chi connectivity index (χ1v) is 8.65. The van der Waals surface area contributed by atoms with Crippen LogP contribution in [0.4, 0.5) is 0 Å². The quantitative estimate of drug-likeness (QED) is 0.675. The zero-order chi connectivity index (χ0) is 14.8. The van der Waals surface area contributed by atoms with Crippen molar-refractivity contribution in [2.24, 2.45) is 5.92 Å². The topological polar surface area (TPSA) is 86.9 Å². The summed E-state index contributed by atoms with van der Waals surface area (Å²) >= 11 is 0. The SMILES string of the molecule is Cc1[nH]nc(CNC(C)C)c1S(=O)(=O)NCCC1CC1. The Hall–Kier alpha value is -0.920. The van der Waals surface area contributed by atoms with Gasteiger partial charge in [0.15, 0.2) is 0 Å². The fraction of sp³-hybridized carbons (Fsp3) is 0.769. The molecule has 1 aliphatic rings. The van der Waals surface area contributed by atoms with Gasteiger partial charge in [-0.25, -0.2) is 13.1 Å². The number of nitrogens with one attached hydrogen (secondary N) is 3. The van der Waals surface area contributed by atoms with Gasteiger partial charge >= 0.3 is 0 Å². The number of hydrogen-bond acceptors (Lipinski definition) is 4. The normalized spacial score (nSPS) is 16.0. The van der Waals surface area contributed by atoms with Crippen molar-refractivity contribution in [2.45, 2.75) is 57.5 Å². The Balaban J connectivity index is 2.05. The fourth-order valence-electron chi connectivity index (χ4n) is 2.12. The molecule has 1 aromatic heterocycles. The van der Waals surface area contributed by atoms with E-state index in [1.165, 1.54) is 12.8 Å². The van der Waals surface area contributed by atoms with E-state index in [0.29, 0.717) is 35.3 Å². The van der Waals surface area contributed by atoms with Crippen LogP contribution in [0, 0.1) is 12.8 Å². The summed E-state index contributed by atoms with van der Waals surface area (Å²) in [6.45, 7) is 6.72. The highest BCUT2D eigenvalue weighted by Crippen LogP contribution is 2.31. The van der Waals surface area contributed by atoms with E-state index in [-0.39, 0.29) is 6.04 Å². The summed E-state index contributed by atoms with van der Waals surface area (Å²) < 4.78 is 27.5. The molecule has 114 valence electrons.